The summed E-state index contributed by atoms with van der Waals surface area (Å²) >= 11 is 0. The second-order valence-electron chi connectivity index (χ2n) is 5.00. The summed E-state index contributed by atoms with van der Waals surface area (Å²) in [4.78, 5) is 24.5. The van der Waals surface area contributed by atoms with Crippen LogP contribution in [-0.4, -0.2) is 51.7 Å². The molecule has 2 fully saturated rings. The van der Waals surface area contributed by atoms with Gasteiger partial charge in [0.2, 0.25) is 5.91 Å². The number of rotatable bonds is 2. The first-order valence-corrected chi connectivity index (χ1v) is 5.96. The number of aliphatic hydroxyl groups is 1. The van der Waals surface area contributed by atoms with Crippen LogP contribution < -0.4 is 5.73 Å². The van der Waals surface area contributed by atoms with Crippen LogP contribution in [0, 0.1) is 5.92 Å². The molecule has 96 valence electrons. The number of hydrogen-bond acceptors (Lipinski definition) is 4. The second-order valence-corrected chi connectivity index (χ2v) is 5.00. The van der Waals surface area contributed by atoms with Gasteiger partial charge in [-0.1, -0.05) is 0 Å². The van der Waals surface area contributed by atoms with Crippen molar-refractivity contribution in [3.05, 3.63) is 0 Å². The molecule has 0 bridgehead atoms. The number of aliphatic hydroxyl groups excluding tert-OH is 1. The van der Waals surface area contributed by atoms with E-state index < -0.39 is 18.1 Å². The van der Waals surface area contributed by atoms with Crippen LogP contribution in [-0.2, 0) is 9.59 Å². The van der Waals surface area contributed by atoms with E-state index in [1.807, 2.05) is 0 Å². The minimum absolute atomic E-state index is 0.0414. The third-order valence-electron chi connectivity index (χ3n) is 3.67. The van der Waals surface area contributed by atoms with E-state index in [1.165, 1.54) is 4.90 Å². The van der Waals surface area contributed by atoms with Gasteiger partial charge in [0.05, 0.1) is 6.10 Å². The Morgan fingerprint density at radius 2 is 1.94 bits per heavy atom. The Bertz CT molecular complexity index is 333. The van der Waals surface area contributed by atoms with E-state index in [-0.39, 0.29) is 30.8 Å². The van der Waals surface area contributed by atoms with E-state index in [2.05, 4.69) is 0 Å². The molecule has 6 nitrogen and oxygen atoms in total. The zero-order chi connectivity index (χ0) is 12.6. The Hall–Kier alpha value is -1.14. The lowest BCUT2D eigenvalue weighted by atomic mass is 10.1. The summed E-state index contributed by atoms with van der Waals surface area (Å²) in [7, 11) is 0. The highest BCUT2D eigenvalue weighted by molar-refractivity contribution is 5.86. The molecule has 0 aromatic heterocycles. The van der Waals surface area contributed by atoms with E-state index in [9.17, 15) is 14.7 Å². The highest BCUT2D eigenvalue weighted by atomic mass is 16.4. The van der Waals surface area contributed by atoms with Crippen LogP contribution in [0.2, 0.25) is 0 Å². The molecule has 0 aromatic rings. The molecule has 4 unspecified atom stereocenters. The molecule has 0 spiro atoms. The number of hydrogen-bond donors (Lipinski definition) is 3. The van der Waals surface area contributed by atoms with Gasteiger partial charge in [0.1, 0.15) is 6.04 Å². The number of likely N-dealkylation sites (tertiary alicyclic amines) is 1. The monoisotopic (exact) mass is 242 g/mol. The highest BCUT2D eigenvalue weighted by Gasteiger charge is 2.42. The Morgan fingerprint density at radius 3 is 2.47 bits per heavy atom. The molecule has 6 heteroatoms. The SMILES string of the molecule is NC1CCC(C(=O)N2CC(O)CC2C(=O)O)C1. The minimum Gasteiger partial charge on any atom is -0.480 e. The van der Waals surface area contributed by atoms with Crippen molar-refractivity contribution >= 4 is 11.9 Å². The topological polar surface area (TPSA) is 104 Å². The van der Waals surface area contributed by atoms with Gasteiger partial charge in [-0.3, -0.25) is 4.79 Å². The van der Waals surface area contributed by atoms with Crippen molar-refractivity contribution in [2.75, 3.05) is 6.54 Å². The van der Waals surface area contributed by atoms with Crippen molar-refractivity contribution in [3.8, 4) is 0 Å². The number of nitrogens with two attached hydrogens (primary N) is 1. The number of carbonyl (C=O) groups is 2. The highest BCUT2D eigenvalue weighted by Crippen LogP contribution is 2.29. The Kier molecular flexibility index (Phi) is 3.35. The average Bonchev–Trinajstić information content (AvgIpc) is 2.83. The average molecular weight is 242 g/mol. The van der Waals surface area contributed by atoms with Crippen molar-refractivity contribution < 1.29 is 19.8 Å². The van der Waals surface area contributed by atoms with E-state index in [1.54, 1.807) is 0 Å². The smallest absolute Gasteiger partial charge is 0.326 e. The molecule has 1 aliphatic heterocycles. The van der Waals surface area contributed by atoms with Gasteiger partial charge < -0.3 is 20.8 Å². The van der Waals surface area contributed by atoms with Crippen LogP contribution in [0.4, 0.5) is 0 Å². The summed E-state index contributed by atoms with van der Waals surface area (Å²) in [5.41, 5.74) is 5.75. The first-order chi connectivity index (χ1) is 7.99. The molecule has 17 heavy (non-hydrogen) atoms. The van der Waals surface area contributed by atoms with Crippen LogP contribution >= 0.6 is 0 Å². The van der Waals surface area contributed by atoms with Gasteiger partial charge in [-0.2, -0.15) is 0 Å². The van der Waals surface area contributed by atoms with Crippen molar-refractivity contribution in [1.82, 2.24) is 4.90 Å². The van der Waals surface area contributed by atoms with Gasteiger partial charge in [-0.15, -0.1) is 0 Å². The number of nitrogens with zero attached hydrogens (tertiary/aromatic N) is 1. The fraction of sp³-hybridized carbons (Fsp3) is 0.818. The fourth-order valence-corrected chi connectivity index (χ4v) is 2.77. The summed E-state index contributed by atoms with van der Waals surface area (Å²) in [5, 5.41) is 18.5. The molecule has 2 rings (SSSR count). The Balaban J connectivity index is 2.05. The lowest BCUT2D eigenvalue weighted by molar-refractivity contribution is -0.149. The molecule has 2 aliphatic rings. The molecule has 1 amide bonds. The summed E-state index contributed by atoms with van der Waals surface area (Å²) in [6.45, 7) is 0.127. The summed E-state index contributed by atoms with van der Waals surface area (Å²) in [6, 6.07) is -0.839. The third kappa shape index (κ3) is 2.42. The number of amides is 1. The predicted molar refractivity (Wildman–Crippen MR) is 59.1 cm³/mol. The first-order valence-electron chi connectivity index (χ1n) is 5.96. The summed E-state index contributed by atoms with van der Waals surface area (Å²) in [5.74, 6) is -1.38. The molecule has 0 aromatic carbocycles. The van der Waals surface area contributed by atoms with E-state index >= 15 is 0 Å². The maximum absolute atomic E-state index is 12.1. The molecule has 4 atom stereocenters. The maximum Gasteiger partial charge on any atom is 0.326 e. The Labute approximate surface area is 99.4 Å². The van der Waals surface area contributed by atoms with Crippen molar-refractivity contribution in [2.45, 2.75) is 43.9 Å². The van der Waals surface area contributed by atoms with Crippen LogP contribution in [0.3, 0.4) is 0 Å². The zero-order valence-electron chi connectivity index (χ0n) is 9.58. The van der Waals surface area contributed by atoms with Gasteiger partial charge in [-0.25, -0.2) is 4.79 Å². The predicted octanol–water partition coefficient (Wildman–Crippen LogP) is -0.840. The van der Waals surface area contributed by atoms with Gasteiger partial charge in [-0.05, 0) is 19.3 Å². The van der Waals surface area contributed by atoms with Crippen molar-refractivity contribution in [2.24, 2.45) is 11.7 Å². The zero-order valence-corrected chi connectivity index (χ0v) is 9.58. The third-order valence-corrected chi connectivity index (χ3v) is 3.67. The van der Waals surface area contributed by atoms with Crippen molar-refractivity contribution in [3.63, 3.8) is 0 Å². The number of aliphatic carboxylic acids is 1. The van der Waals surface area contributed by atoms with Crippen LogP contribution in [0.5, 0.6) is 0 Å². The quantitative estimate of drug-likeness (QED) is 0.585. The lowest BCUT2D eigenvalue weighted by Crippen LogP contribution is -2.43. The standard InChI is InChI=1S/C11H18N2O4/c12-7-2-1-6(3-7)10(15)13-5-8(14)4-9(13)11(16)17/h6-9,14H,1-5,12H2,(H,16,17). The fourth-order valence-electron chi connectivity index (χ4n) is 2.77. The Morgan fingerprint density at radius 1 is 1.24 bits per heavy atom. The van der Waals surface area contributed by atoms with Crippen LogP contribution in [0.25, 0.3) is 0 Å². The molecule has 0 radical (unpaired) electrons. The molecule has 1 saturated heterocycles. The normalized spacial score (nSPS) is 37.4. The van der Waals surface area contributed by atoms with Gasteiger partial charge in [0.25, 0.3) is 0 Å². The molecule has 1 heterocycles. The van der Waals surface area contributed by atoms with E-state index in [0.717, 1.165) is 12.8 Å². The number of carboxylic acids is 1. The molecular weight excluding hydrogens is 224 g/mol. The van der Waals surface area contributed by atoms with Crippen LogP contribution in [0.1, 0.15) is 25.7 Å². The summed E-state index contributed by atoms with van der Waals surface area (Å²) in [6.07, 6.45) is 1.55. The van der Waals surface area contributed by atoms with Crippen molar-refractivity contribution in [1.29, 1.82) is 0 Å². The first kappa shape index (κ1) is 12.3. The number of carbonyl (C=O) groups excluding carboxylic acids is 1. The minimum atomic E-state index is -1.04. The second kappa shape index (κ2) is 4.62. The van der Waals surface area contributed by atoms with E-state index in [0.29, 0.717) is 6.42 Å². The van der Waals surface area contributed by atoms with E-state index in [4.69, 9.17) is 10.8 Å². The number of carboxylic acid groups (broad SMARTS) is 1. The van der Waals surface area contributed by atoms with Gasteiger partial charge in [0, 0.05) is 24.9 Å². The largest absolute Gasteiger partial charge is 0.480 e. The molecule has 1 aliphatic carbocycles. The molecule has 1 saturated carbocycles. The molecular formula is C11H18N2O4. The van der Waals surface area contributed by atoms with Crippen LogP contribution in [0.15, 0.2) is 0 Å². The lowest BCUT2D eigenvalue weighted by Gasteiger charge is -2.24. The number of β-amino-alcohol motifs (C(OH)–C–C–N with tert-alkyl or cyclic N) is 1. The summed E-state index contributed by atoms with van der Waals surface area (Å²) < 4.78 is 0. The maximum atomic E-state index is 12.1. The van der Waals surface area contributed by atoms with Gasteiger partial charge in [0.15, 0.2) is 0 Å². The molecule has 4 N–H and O–H groups in total. The van der Waals surface area contributed by atoms with Gasteiger partial charge >= 0.3 is 5.97 Å².